The quantitative estimate of drug-likeness (QED) is 0.361. The molecular weight excluding hydrogens is 126 g/mol. The summed E-state index contributed by atoms with van der Waals surface area (Å²) in [4.78, 5) is 0. The van der Waals surface area contributed by atoms with Gasteiger partial charge in [-0.3, -0.25) is 4.72 Å². The summed E-state index contributed by atoms with van der Waals surface area (Å²) in [6, 6.07) is 0. The Morgan fingerprint density at radius 3 is 2.57 bits per heavy atom. The number of hydrogen-bond acceptors (Lipinski definition) is 3. The van der Waals surface area contributed by atoms with Crippen LogP contribution in [0, 0.1) is 0 Å². The van der Waals surface area contributed by atoms with Gasteiger partial charge in [0.2, 0.25) is 0 Å². The first-order valence-corrected chi connectivity index (χ1v) is 4.75. The second-order valence-electron chi connectivity index (χ2n) is 0.988. The van der Waals surface area contributed by atoms with E-state index in [1.54, 1.807) is 11.0 Å². The molecule has 0 rings (SSSR count). The zero-order chi connectivity index (χ0) is 5.54. The van der Waals surface area contributed by atoms with Crippen LogP contribution in [0.15, 0.2) is 0 Å². The molecule has 0 saturated heterocycles. The highest BCUT2D eigenvalue weighted by Gasteiger charge is 1.78. The fraction of sp³-hybridized carbons (Fsp3) is 1.00. The predicted octanol–water partition coefficient (Wildman–Crippen LogP) is 1.91. The zero-order valence-electron chi connectivity index (χ0n) is 4.73. The maximum Gasteiger partial charge on any atom is 0.00379 e. The maximum absolute atomic E-state index is 3.13. The summed E-state index contributed by atoms with van der Waals surface area (Å²) in [5, 5.41) is 0. The van der Waals surface area contributed by atoms with E-state index in [1.165, 1.54) is 5.75 Å². The van der Waals surface area contributed by atoms with Crippen molar-refractivity contribution in [3.05, 3.63) is 0 Å². The normalized spacial score (nSPS) is 9.43. The summed E-state index contributed by atoms with van der Waals surface area (Å²) in [6.07, 6.45) is 0. The molecule has 7 heavy (non-hydrogen) atoms. The van der Waals surface area contributed by atoms with E-state index in [2.05, 4.69) is 18.6 Å². The third-order valence-electron chi connectivity index (χ3n) is 0.380. The topological polar surface area (TPSA) is 12.0 Å². The monoisotopic (exact) mass is 137 g/mol. The summed E-state index contributed by atoms with van der Waals surface area (Å²) in [5.74, 6) is 1.18. The SMILES string of the molecule is CCNSSCC. The van der Waals surface area contributed by atoms with Crippen molar-refractivity contribution in [3.63, 3.8) is 0 Å². The van der Waals surface area contributed by atoms with E-state index >= 15 is 0 Å². The summed E-state index contributed by atoms with van der Waals surface area (Å²) in [7, 11) is 3.56. The van der Waals surface area contributed by atoms with E-state index in [4.69, 9.17) is 0 Å². The van der Waals surface area contributed by atoms with Gasteiger partial charge in [-0.2, -0.15) is 0 Å². The third-order valence-corrected chi connectivity index (χ3v) is 2.55. The van der Waals surface area contributed by atoms with Gasteiger partial charge in [0.15, 0.2) is 0 Å². The first kappa shape index (κ1) is 7.66. The largest absolute Gasteiger partial charge is 0.255 e. The van der Waals surface area contributed by atoms with Gasteiger partial charge in [-0.25, -0.2) is 0 Å². The molecular formula is C4H11NS2. The first-order valence-electron chi connectivity index (χ1n) is 2.43. The lowest BCUT2D eigenvalue weighted by Crippen LogP contribution is -1.97. The average Bonchev–Trinajstić information content (AvgIpc) is 1.69. The minimum atomic E-state index is 1.05. The fourth-order valence-corrected chi connectivity index (χ4v) is 1.44. The molecule has 0 amide bonds. The minimum absolute atomic E-state index is 1.05. The van der Waals surface area contributed by atoms with Crippen LogP contribution in [0.5, 0.6) is 0 Å². The van der Waals surface area contributed by atoms with Crippen LogP contribution in [0.2, 0.25) is 0 Å². The second-order valence-corrected chi connectivity index (χ2v) is 3.46. The Morgan fingerprint density at radius 1 is 1.43 bits per heavy atom. The van der Waals surface area contributed by atoms with Gasteiger partial charge in [0.25, 0.3) is 0 Å². The van der Waals surface area contributed by atoms with E-state index in [-0.39, 0.29) is 0 Å². The lowest BCUT2D eigenvalue weighted by atomic mass is 10.8. The highest BCUT2D eigenvalue weighted by molar-refractivity contribution is 8.76. The zero-order valence-corrected chi connectivity index (χ0v) is 6.36. The molecule has 0 aromatic rings. The Morgan fingerprint density at radius 2 is 2.14 bits per heavy atom. The molecule has 44 valence electrons. The van der Waals surface area contributed by atoms with Crippen molar-refractivity contribution < 1.29 is 0 Å². The molecule has 0 heterocycles. The van der Waals surface area contributed by atoms with Crippen molar-refractivity contribution >= 4 is 21.8 Å². The first-order chi connectivity index (χ1) is 3.41. The Kier molecular flexibility index (Phi) is 7.29. The van der Waals surface area contributed by atoms with Crippen LogP contribution in [0.3, 0.4) is 0 Å². The molecule has 0 aliphatic heterocycles. The second kappa shape index (κ2) is 6.66. The molecule has 0 aliphatic carbocycles. The Balaban J connectivity index is 2.45. The van der Waals surface area contributed by atoms with Crippen molar-refractivity contribution in [2.24, 2.45) is 0 Å². The van der Waals surface area contributed by atoms with Gasteiger partial charge in [-0.05, 0) is 11.0 Å². The molecule has 1 nitrogen and oxygen atoms in total. The van der Waals surface area contributed by atoms with Crippen LogP contribution in [0.4, 0.5) is 0 Å². The van der Waals surface area contributed by atoms with E-state index in [0.717, 1.165) is 6.54 Å². The van der Waals surface area contributed by atoms with E-state index < -0.39 is 0 Å². The molecule has 0 aliphatic rings. The predicted molar refractivity (Wildman–Crippen MR) is 39.4 cm³/mol. The minimum Gasteiger partial charge on any atom is -0.255 e. The van der Waals surface area contributed by atoms with E-state index in [0.29, 0.717) is 0 Å². The fourth-order valence-electron chi connectivity index (χ4n) is 0.160. The molecule has 0 aromatic carbocycles. The van der Waals surface area contributed by atoms with Crippen molar-refractivity contribution in [3.8, 4) is 0 Å². The van der Waals surface area contributed by atoms with Gasteiger partial charge in [0, 0.05) is 12.3 Å². The molecule has 0 bridgehead atoms. The van der Waals surface area contributed by atoms with Crippen LogP contribution in [-0.2, 0) is 0 Å². The number of rotatable bonds is 4. The van der Waals surface area contributed by atoms with Gasteiger partial charge < -0.3 is 0 Å². The maximum atomic E-state index is 3.13. The van der Waals surface area contributed by atoms with Crippen LogP contribution in [0.1, 0.15) is 13.8 Å². The van der Waals surface area contributed by atoms with E-state index in [9.17, 15) is 0 Å². The molecule has 0 aromatic heterocycles. The highest BCUT2D eigenvalue weighted by atomic mass is 33.1. The van der Waals surface area contributed by atoms with Crippen molar-refractivity contribution in [1.82, 2.24) is 4.72 Å². The number of nitrogens with one attached hydrogen (secondary N) is 1. The summed E-state index contributed by atoms with van der Waals surface area (Å²) < 4.78 is 3.13. The van der Waals surface area contributed by atoms with Gasteiger partial charge >= 0.3 is 0 Å². The summed E-state index contributed by atoms with van der Waals surface area (Å²) in [6.45, 7) is 5.30. The molecule has 0 saturated carbocycles. The Hall–Kier alpha value is 0.660. The summed E-state index contributed by atoms with van der Waals surface area (Å²) in [5.41, 5.74) is 0. The molecule has 0 spiro atoms. The van der Waals surface area contributed by atoms with Gasteiger partial charge in [-0.15, -0.1) is 0 Å². The van der Waals surface area contributed by atoms with Gasteiger partial charge in [-0.1, -0.05) is 24.6 Å². The van der Waals surface area contributed by atoms with Gasteiger partial charge in [0.05, 0.1) is 0 Å². The molecule has 0 atom stereocenters. The van der Waals surface area contributed by atoms with Gasteiger partial charge in [0.1, 0.15) is 0 Å². The Bertz CT molecular complexity index is 28.9. The average molecular weight is 137 g/mol. The van der Waals surface area contributed by atoms with Crippen LogP contribution in [-0.4, -0.2) is 12.3 Å². The molecule has 0 fully saturated rings. The summed E-state index contributed by atoms with van der Waals surface area (Å²) >= 11 is 0. The molecule has 1 N–H and O–H groups in total. The molecule has 0 unspecified atom stereocenters. The smallest absolute Gasteiger partial charge is 0.00379 e. The van der Waals surface area contributed by atoms with E-state index in [1.807, 2.05) is 10.8 Å². The Labute approximate surface area is 53.2 Å². The van der Waals surface area contributed by atoms with Crippen molar-refractivity contribution in [1.29, 1.82) is 0 Å². The lowest BCUT2D eigenvalue weighted by molar-refractivity contribution is 1.04. The van der Waals surface area contributed by atoms with Crippen LogP contribution in [0.25, 0.3) is 0 Å². The number of hydrogen-bond donors (Lipinski definition) is 1. The van der Waals surface area contributed by atoms with Crippen molar-refractivity contribution in [2.75, 3.05) is 12.3 Å². The van der Waals surface area contributed by atoms with Crippen LogP contribution >= 0.6 is 21.8 Å². The molecule has 3 heteroatoms. The molecule has 0 radical (unpaired) electrons. The van der Waals surface area contributed by atoms with Crippen LogP contribution < -0.4 is 4.72 Å². The third kappa shape index (κ3) is 6.66. The lowest BCUT2D eigenvalue weighted by Gasteiger charge is -1.93. The van der Waals surface area contributed by atoms with Crippen molar-refractivity contribution in [2.45, 2.75) is 13.8 Å². The highest BCUT2D eigenvalue weighted by Crippen LogP contribution is 2.14. The standard InChI is InChI=1S/C4H11NS2/c1-3-5-7-6-4-2/h5H,3-4H2,1-2H3.